The summed E-state index contributed by atoms with van der Waals surface area (Å²) in [6, 6.07) is 10.9. The Morgan fingerprint density at radius 2 is 1.66 bits per heavy atom. The largest absolute Gasteiger partial charge is 0.426 e. The highest BCUT2D eigenvalue weighted by Crippen LogP contribution is 2.33. The molecule has 2 aromatic carbocycles. The van der Waals surface area contributed by atoms with Gasteiger partial charge in [-0.15, -0.1) is 5.06 Å². The molecule has 1 atom stereocenters. The lowest BCUT2D eigenvalue weighted by atomic mass is 9.79. The lowest BCUT2D eigenvalue weighted by molar-refractivity contribution is -0.137. The van der Waals surface area contributed by atoms with Gasteiger partial charge in [-0.25, -0.2) is 9.59 Å². The van der Waals surface area contributed by atoms with Crippen molar-refractivity contribution in [2.45, 2.75) is 70.5 Å². The summed E-state index contributed by atoms with van der Waals surface area (Å²) in [6.45, 7) is 7.18. The third-order valence-corrected chi connectivity index (χ3v) is 11.9. The zero-order chi connectivity index (χ0) is 33.1. The van der Waals surface area contributed by atoms with Gasteiger partial charge in [0.25, 0.3) is 0 Å². The molecule has 0 spiro atoms. The highest BCUT2D eigenvalue weighted by Gasteiger charge is 2.35. The van der Waals surface area contributed by atoms with Gasteiger partial charge in [0, 0.05) is 55.3 Å². The van der Waals surface area contributed by atoms with Gasteiger partial charge in [-0.05, 0) is 122 Å². The van der Waals surface area contributed by atoms with Crippen LogP contribution in [0, 0.1) is 18.8 Å². The molecule has 0 aromatic heterocycles. The SMILES string of the molecule is Cc1cc(CC(NC(=O)ON2CCC(N3Cc4ccccc4NC3=O)CC2)C(=O)N2CCC(C3CCN(C)CC3)CC2)cc(Br)c1Cl. The quantitative estimate of drug-likeness (QED) is 0.360. The maximum atomic E-state index is 14.0. The third kappa shape index (κ3) is 8.24. The van der Waals surface area contributed by atoms with Crippen LogP contribution in [0.3, 0.4) is 0 Å². The molecule has 12 heteroatoms. The maximum Gasteiger partial charge on any atom is 0.426 e. The number of fused-ring (bicyclic) bond motifs is 1. The summed E-state index contributed by atoms with van der Waals surface area (Å²) in [4.78, 5) is 52.0. The molecule has 10 nitrogen and oxygen atoms in total. The van der Waals surface area contributed by atoms with Crippen LogP contribution in [0.1, 0.15) is 55.2 Å². The molecule has 4 aliphatic rings. The highest BCUT2D eigenvalue weighted by molar-refractivity contribution is 9.10. The van der Waals surface area contributed by atoms with E-state index in [2.05, 4.69) is 38.5 Å². The number of amides is 4. The van der Waals surface area contributed by atoms with Gasteiger partial charge in [0.2, 0.25) is 5.91 Å². The second-order valence-corrected chi connectivity index (χ2v) is 14.9. The number of urea groups is 1. The Labute approximate surface area is 291 Å². The number of piperidine rings is 3. The first-order valence-electron chi connectivity index (χ1n) is 17.0. The molecule has 6 rings (SSSR count). The van der Waals surface area contributed by atoms with E-state index < -0.39 is 12.1 Å². The minimum absolute atomic E-state index is 0.0460. The molecule has 2 N–H and O–H groups in total. The minimum atomic E-state index is -0.774. The fraction of sp³-hybridized carbons (Fsp3) is 0.571. The first kappa shape index (κ1) is 34.0. The molecule has 3 saturated heterocycles. The molecular weight excluding hydrogens is 684 g/mol. The number of carbonyl (C=O) groups is 3. The Bertz CT molecular complexity index is 1430. The number of benzene rings is 2. The van der Waals surface area contributed by atoms with Gasteiger partial charge in [-0.3, -0.25) is 4.79 Å². The monoisotopic (exact) mass is 728 g/mol. The van der Waals surface area contributed by atoms with Crippen LogP contribution in [0.25, 0.3) is 0 Å². The Hall–Kier alpha value is -2.86. The summed E-state index contributed by atoms with van der Waals surface area (Å²) in [5, 5.41) is 8.18. The summed E-state index contributed by atoms with van der Waals surface area (Å²) in [6.07, 6.45) is 5.49. The van der Waals surface area contributed by atoms with Gasteiger partial charge in [-0.2, -0.15) is 0 Å². The van der Waals surface area contributed by atoms with Crippen molar-refractivity contribution in [2.24, 2.45) is 11.8 Å². The molecule has 0 saturated carbocycles. The standard InChI is InChI=1S/C35H46BrClN6O4/c1-23-19-24(20-29(36)32(23)37)21-31(33(44)41-15-9-26(10-16-41)25-7-13-40(2)14-8-25)39-35(46)47-42-17-11-28(12-18-42)43-22-27-5-3-4-6-30(27)38-34(43)45/h3-6,19-20,25-26,28,31H,7-18,21-22H2,1-2H3,(H,38,45)(H,39,46). The van der Waals surface area contributed by atoms with Gasteiger partial charge in [0.05, 0.1) is 5.02 Å². The Morgan fingerprint density at radius 1 is 1.00 bits per heavy atom. The van der Waals surface area contributed by atoms with Crippen LogP contribution in [-0.2, 0) is 22.6 Å². The number of aryl methyl sites for hydroxylation is 1. The number of hydroxylamine groups is 2. The molecule has 4 aliphatic heterocycles. The van der Waals surface area contributed by atoms with Gasteiger partial charge in [-0.1, -0.05) is 35.9 Å². The number of nitrogens with zero attached hydrogens (tertiary/aromatic N) is 4. The van der Waals surface area contributed by atoms with Crippen LogP contribution in [0.5, 0.6) is 0 Å². The fourth-order valence-corrected chi connectivity index (χ4v) is 8.43. The average Bonchev–Trinajstić information content (AvgIpc) is 3.07. The van der Waals surface area contributed by atoms with E-state index in [0.29, 0.717) is 62.9 Å². The summed E-state index contributed by atoms with van der Waals surface area (Å²) >= 11 is 9.93. The number of hydrogen-bond donors (Lipinski definition) is 2. The van der Waals surface area contributed by atoms with E-state index in [1.165, 1.54) is 12.8 Å². The van der Waals surface area contributed by atoms with Gasteiger partial charge in [0.15, 0.2) is 0 Å². The molecule has 4 heterocycles. The van der Waals surface area contributed by atoms with Crippen molar-refractivity contribution >= 4 is 51.2 Å². The Morgan fingerprint density at radius 3 is 2.34 bits per heavy atom. The van der Waals surface area contributed by atoms with Crippen LogP contribution in [0.2, 0.25) is 5.02 Å². The first-order chi connectivity index (χ1) is 22.6. The smallest absolute Gasteiger partial charge is 0.351 e. The normalized spacial score (nSPS) is 21.2. The molecule has 0 aliphatic carbocycles. The number of hydrogen-bond acceptors (Lipinski definition) is 6. The molecule has 3 fully saturated rings. The molecule has 2 aromatic rings. The van der Waals surface area contributed by atoms with E-state index >= 15 is 0 Å². The Balaban J connectivity index is 1.05. The van der Waals surface area contributed by atoms with E-state index in [-0.39, 0.29) is 18.0 Å². The summed E-state index contributed by atoms with van der Waals surface area (Å²) in [5.41, 5.74) is 3.76. The van der Waals surface area contributed by atoms with Crippen LogP contribution in [-0.4, -0.2) is 96.2 Å². The predicted octanol–water partition coefficient (Wildman–Crippen LogP) is 6.06. The topological polar surface area (TPSA) is 97.5 Å². The predicted molar refractivity (Wildman–Crippen MR) is 186 cm³/mol. The van der Waals surface area contributed by atoms with E-state index in [9.17, 15) is 14.4 Å². The lowest BCUT2D eigenvalue weighted by Gasteiger charge is -2.40. The van der Waals surface area contributed by atoms with E-state index in [4.69, 9.17) is 16.4 Å². The first-order valence-corrected chi connectivity index (χ1v) is 18.1. The van der Waals surface area contributed by atoms with Crippen LogP contribution in [0.15, 0.2) is 40.9 Å². The van der Waals surface area contributed by atoms with Crippen molar-refractivity contribution in [2.75, 3.05) is 51.6 Å². The number of para-hydroxylation sites is 1. The van der Waals surface area contributed by atoms with E-state index in [0.717, 1.165) is 58.7 Å². The van der Waals surface area contributed by atoms with Gasteiger partial charge >= 0.3 is 12.1 Å². The zero-order valence-electron chi connectivity index (χ0n) is 27.4. The zero-order valence-corrected chi connectivity index (χ0v) is 29.7. The molecule has 47 heavy (non-hydrogen) atoms. The number of anilines is 1. The number of carbonyl (C=O) groups excluding carboxylic acids is 3. The van der Waals surface area contributed by atoms with Gasteiger partial charge in [0.1, 0.15) is 6.04 Å². The van der Waals surface area contributed by atoms with Crippen molar-refractivity contribution in [3.63, 3.8) is 0 Å². The third-order valence-electron chi connectivity index (χ3n) is 10.5. The van der Waals surface area contributed by atoms with Crippen molar-refractivity contribution in [1.82, 2.24) is 25.1 Å². The summed E-state index contributed by atoms with van der Waals surface area (Å²) < 4.78 is 0.760. The molecule has 4 amide bonds. The summed E-state index contributed by atoms with van der Waals surface area (Å²) in [7, 11) is 2.19. The maximum absolute atomic E-state index is 14.0. The van der Waals surface area contributed by atoms with E-state index in [1.54, 1.807) is 5.06 Å². The minimum Gasteiger partial charge on any atom is -0.351 e. The number of halogens is 2. The van der Waals surface area contributed by atoms with Crippen LogP contribution >= 0.6 is 27.5 Å². The molecule has 0 radical (unpaired) electrons. The lowest BCUT2D eigenvalue weighted by Crippen LogP contribution is -2.54. The molecule has 1 unspecified atom stereocenters. The summed E-state index contributed by atoms with van der Waals surface area (Å²) in [5.74, 6) is 1.29. The van der Waals surface area contributed by atoms with Crippen molar-refractivity contribution < 1.29 is 19.2 Å². The second-order valence-electron chi connectivity index (χ2n) is 13.7. The van der Waals surface area contributed by atoms with Crippen LogP contribution in [0.4, 0.5) is 15.3 Å². The van der Waals surface area contributed by atoms with Crippen molar-refractivity contribution in [1.29, 1.82) is 0 Å². The highest BCUT2D eigenvalue weighted by atomic mass is 79.9. The molecule has 254 valence electrons. The number of likely N-dealkylation sites (tertiary alicyclic amines) is 2. The second kappa shape index (κ2) is 15.1. The van der Waals surface area contributed by atoms with Crippen LogP contribution < -0.4 is 10.6 Å². The van der Waals surface area contributed by atoms with Gasteiger partial charge < -0.3 is 30.2 Å². The Kier molecular flexibility index (Phi) is 11.0. The molecular formula is C35H46BrClN6O4. The number of nitrogens with one attached hydrogen (secondary N) is 2. The average molecular weight is 730 g/mol. The van der Waals surface area contributed by atoms with Crippen molar-refractivity contribution in [3.05, 3.63) is 62.6 Å². The number of rotatable bonds is 7. The molecule has 0 bridgehead atoms. The fourth-order valence-electron chi connectivity index (χ4n) is 7.71. The van der Waals surface area contributed by atoms with E-state index in [1.807, 2.05) is 53.1 Å². The van der Waals surface area contributed by atoms with Crippen molar-refractivity contribution in [3.8, 4) is 0 Å².